The van der Waals surface area contributed by atoms with Crippen LogP contribution in [0, 0.1) is 0 Å². The van der Waals surface area contributed by atoms with E-state index < -0.39 is 0 Å². The van der Waals surface area contributed by atoms with Crippen molar-refractivity contribution in [1.29, 1.82) is 0 Å². The molecule has 114 valence electrons. The van der Waals surface area contributed by atoms with Crippen LogP contribution in [0.3, 0.4) is 0 Å². The van der Waals surface area contributed by atoms with Gasteiger partial charge in [-0.25, -0.2) is 0 Å². The summed E-state index contributed by atoms with van der Waals surface area (Å²) in [5.74, 6) is 0. The molecule has 2 aliphatic heterocycles. The van der Waals surface area contributed by atoms with Crippen molar-refractivity contribution in [1.82, 2.24) is 10.2 Å². The summed E-state index contributed by atoms with van der Waals surface area (Å²) in [5.41, 5.74) is 1.41. The summed E-state index contributed by atoms with van der Waals surface area (Å²) in [6, 6.07) is 10.7. The molecule has 0 saturated carbocycles. The molecule has 21 heavy (non-hydrogen) atoms. The predicted molar refractivity (Wildman–Crippen MR) is 87.1 cm³/mol. The molecule has 5 heteroatoms. The Morgan fingerprint density at radius 1 is 1.33 bits per heavy atom. The summed E-state index contributed by atoms with van der Waals surface area (Å²) >= 11 is 5.44. The Balaban J connectivity index is 1.49. The number of nitrogens with one attached hydrogen (secondary N) is 2. The largest absolute Gasteiger partial charge is 0.376 e. The van der Waals surface area contributed by atoms with Gasteiger partial charge in [0.1, 0.15) is 0 Å². The average Bonchev–Trinajstić information content (AvgIpc) is 3.02. The fourth-order valence-electron chi connectivity index (χ4n) is 3.02. The predicted octanol–water partition coefficient (Wildman–Crippen LogP) is 0.398. The molecule has 2 fully saturated rings. The van der Waals surface area contributed by atoms with Crippen molar-refractivity contribution in [3.8, 4) is 0 Å². The maximum absolute atomic E-state index is 5.73. The molecule has 0 spiro atoms. The molecule has 4 nitrogen and oxygen atoms in total. The van der Waals surface area contributed by atoms with Gasteiger partial charge in [-0.1, -0.05) is 30.3 Å². The van der Waals surface area contributed by atoms with Crippen LogP contribution in [-0.4, -0.2) is 49.2 Å². The minimum absolute atomic E-state index is 0.359. The molecular weight excluding hydrogens is 282 g/mol. The average molecular weight is 306 g/mol. The Morgan fingerprint density at radius 2 is 2.19 bits per heavy atom. The monoisotopic (exact) mass is 306 g/mol. The van der Waals surface area contributed by atoms with Crippen LogP contribution in [0.15, 0.2) is 30.3 Å². The van der Waals surface area contributed by atoms with Gasteiger partial charge in [0.25, 0.3) is 0 Å². The maximum atomic E-state index is 5.73. The van der Waals surface area contributed by atoms with Crippen LogP contribution in [0.5, 0.6) is 0 Å². The number of hydrogen-bond acceptors (Lipinski definition) is 2. The highest BCUT2D eigenvalue weighted by Gasteiger charge is 2.27. The van der Waals surface area contributed by atoms with Gasteiger partial charge in [-0.3, -0.25) is 4.90 Å². The van der Waals surface area contributed by atoms with E-state index in [0.29, 0.717) is 6.10 Å². The van der Waals surface area contributed by atoms with Gasteiger partial charge >= 0.3 is 0 Å². The standard InChI is InChI=1S/C16H23N3OS/c21-16-17-12-18(9-8-14-5-2-1-3-6-14)13-19(16)11-15-7-4-10-20-15/h1-3,5-6,15H,4,7-13H2,(H,17,21)/p+1/t15-/m0/s1. The van der Waals surface area contributed by atoms with E-state index in [1.807, 2.05) is 0 Å². The van der Waals surface area contributed by atoms with Crippen LogP contribution in [0.4, 0.5) is 0 Å². The smallest absolute Gasteiger partial charge is 0.177 e. The quantitative estimate of drug-likeness (QED) is 0.771. The minimum Gasteiger partial charge on any atom is -0.376 e. The van der Waals surface area contributed by atoms with Crippen molar-refractivity contribution in [3.63, 3.8) is 0 Å². The molecule has 2 aliphatic rings. The molecule has 0 radical (unpaired) electrons. The fraction of sp³-hybridized carbons (Fsp3) is 0.562. The van der Waals surface area contributed by atoms with Gasteiger partial charge in [0.2, 0.25) is 0 Å². The van der Waals surface area contributed by atoms with Crippen molar-refractivity contribution >= 4 is 17.3 Å². The van der Waals surface area contributed by atoms with Crippen molar-refractivity contribution in [2.24, 2.45) is 0 Å². The zero-order valence-corrected chi connectivity index (χ0v) is 13.2. The van der Waals surface area contributed by atoms with E-state index in [9.17, 15) is 0 Å². The second-order valence-electron chi connectivity index (χ2n) is 5.91. The van der Waals surface area contributed by atoms with Gasteiger partial charge in [0.15, 0.2) is 18.4 Å². The van der Waals surface area contributed by atoms with Gasteiger partial charge in [-0.15, -0.1) is 0 Å². The molecule has 3 rings (SSSR count). The molecule has 2 atom stereocenters. The second kappa shape index (κ2) is 7.20. The van der Waals surface area contributed by atoms with Crippen molar-refractivity contribution in [2.45, 2.75) is 25.4 Å². The molecule has 2 heterocycles. The number of rotatable bonds is 5. The molecule has 0 aliphatic carbocycles. The van der Waals surface area contributed by atoms with E-state index in [-0.39, 0.29) is 0 Å². The highest BCUT2D eigenvalue weighted by molar-refractivity contribution is 7.80. The lowest BCUT2D eigenvalue weighted by Gasteiger charge is -2.36. The lowest BCUT2D eigenvalue weighted by molar-refractivity contribution is -0.914. The van der Waals surface area contributed by atoms with E-state index in [1.165, 1.54) is 23.3 Å². The van der Waals surface area contributed by atoms with Crippen LogP contribution in [0.2, 0.25) is 0 Å². The Hall–Kier alpha value is -1.17. The molecule has 1 aromatic carbocycles. The molecule has 2 N–H and O–H groups in total. The molecule has 0 amide bonds. The summed E-state index contributed by atoms with van der Waals surface area (Å²) in [6.45, 7) is 4.87. The zero-order chi connectivity index (χ0) is 14.5. The fourth-order valence-corrected chi connectivity index (χ4v) is 3.24. The van der Waals surface area contributed by atoms with Crippen LogP contribution < -0.4 is 10.2 Å². The highest BCUT2D eigenvalue weighted by Crippen LogP contribution is 2.13. The lowest BCUT2D eigenvalue weighted by atomic mass is 10.1. The Labute approximate surface area is 132 Å². The van der Waals surface area contributed by atoms with Crippen molar-refractivity contribution < 1.29 is 9.64 Å². The van der Waals surface area contributed by atoms with Crippen LogP contribution in [0.1, 0.15) is 18.4 Å². The SMILES string of the molecule is S=C1NC[NH+](CCc2ccccc2)CN1C[C@@H]1CCCO1. The molecule has 1 aromatic rings. The minimum atomic E-state index is 0.359. The number of hydrogen-bond donors (Lipinski definition) is 2. The van der Waals surface area contributed by atoms with Gasteiger partial charge in [0, 0.05) is 13.0 Å². The third kappa shape index (κ3) is 4.15. The zero-order valence-electron chi connectivity index (χ0n) is 12.4. The number of thiocarbonyl (C=S) groups is 1. The number of ether oxygens (including phenoxy) is 1. The van der Waals surface area contributed by atoms with Gasteiger partial charge in [-0.2, -0.15) is 0 Å². The second-order valence-corrected chi connectivity index (χ2v) is 6.30. The molecule has 0 aromatic heterocycles. The summed E-state index contributed by atoms with van der Waals surface area (Å²) < 4.78 is 5.73. The summed E-state index contributed by atoms with van der Waals surface area (Å²) in [6.07, 6.45) is 3.82. The molecular formula is C16H24N3OS+. The first-order valence-electron chi connectivity index (χ1n) is 7.83. The summed E-state index contributed by atoms with van der Waals surface area (Å²) in [4.78, 5) is 3.81. The van der Waals surface area contributed by atoms with E-state index >= 15 is 0 Å². The van der Waals surface area contributed by atoms with Gasteiger partial charge in [-0.05, 0) is 30.6 Å². The van der Waals surface area contributed by atoms with E-state index in [4.69, 9.17) is 17.0 Å². The lowest BCUT2D eigenvalue weighted by Crippen LogP contribution is -3.17. The van der Waals surface area contributed by atoms with E-state index in [1.54, 1.807) is 0 Å². The van der Waals surface area contributed by atoms with Crippen LogP contribution >= 0.6 is 12.2 Å². The maximum Gasteiger partial charge on any atom is 0.177 e. The first-order chi connectivity index (χ1) is 10.3. The summed E-state index contributed by atoms with van der Waals surface area (Å²) in [5, 5.41) is 4.24. The number of nitrogens with zero attached hydrogens (tertiary/aromatic N) is 1. The van der Waals surface area contributed by atoms with E-state index in [2.05, 4.69) is 40.5 Å². The first kappa shape index (κ1) is 14.8. The Morgan fingerprint density at radius 3 is 2.95 bits per heavy atom. The van der Waals surface area contributed by atoms with Gasteiger partial charge < -0.3 is 15.0 Å². The Bertz CT molecular complexity index is 462. The normalized spacial score (nSPS) is 25.9. The van der Waals surface area contributed by atoms with Crippen LogP contribution in [-0.2, 0) is 11.2 Å². The third-order valence-corrected chi connectivity index (χ3v) is 4.65. The molecule has 0 bridgehead atoms. The van der Waals surface area contributed by atoms with Gasteiger partial charge in [0.05, 0.1) is 19.2 Å². The first-order valence-corrected chi connectivity index (χ1v) is 8.24. The summed E-state index contributed by atoms with van der Waals surface area (Å²) in [7, 11) is 0. The van der Waals surface area contributed by atoms with Crippen molar-refractivity contribution in [3.05, 3.63) is 35.9 Å². The Kier molecular flexibility index (Phi) is 5.06. The topological polar surface area (TPSA) is 28.9 Å². The van der Waals surface area contributed by atoms with Crippen molar-refractivity contribution in [2.75, 3.05) is 33.0 Å². The molecule has 2 saturated heterocycles. The number of quaternary nitrogens is 1. The molecule has 1 unspecified atom stereocenters. The number of benzene rings is 1. The van der Waals surface area contributed by atoms with E-state index in [0.717, 1.165) is 44.6 Å². The highest BCUT2D eigenvalue weighted by atomic mass is 32.1. The third-order valence-electron chi connectivity index (χ3n) is 4.25. The van der Waals surface area contributed by atoms with Crippen LogP contribution in [0.25, 0.3) is 0 Å².